The van der Waals surface area contributed by atoms with E-state index in [9.17, 15) is 9.59 Å². The molecule has 0 saturated heterocycles. The number of carbonyl (C=O) groups is 2. The van der Waals surface area contributed by atoms with Crippen molar-refractivity contribution in [3.8, 4) is 34.4 Å². The number of hydrogen-bond donors (Lipinski definition) is 1. The largest absolute Gasteiger partial charge is 0.497 e. The number of anilines is 1. The number of methoxy groups -OCH3 is 4. The number of aromatic nitrogens is 6. The number of amides is 2. The Bertz CT molecular complexity index is 2090. The molecule has 14 nitrogen and oxygen atoms in total. The lowest BCUT2D eigenvalue weighted by Crippen LogP contribution is -2.45. The van der Waals surface area contributed by atoms with Gasteiger partial charge in [0.15, 0.2) is 11.5 Å². The normalized spacial score (nSPS) is 11.5. The zero-order valence-electron chi connectivity index (χ0n) is 28.2. The molecule has 0 unspecified atom stereocenters. The third-order valence-electron chi connectivity index (χ3n) is 8.15. The summed E-state index contributed by atoms with van der Waals surface area (Å²) >= 11 is 0. The zero-order chi connectivity index (χ0) is 35.2. The second-order valence-corrected chi connectivity index (χ2v) is 11.2. The zero-order valence-corrected chi connectivity index (χ0v) is 28.2. The van der Waals surface area contributed by atoms with Crippen LogP contribution < -0.4 is 29.2 Å². The maximum atomic E-state index is 14.5. The predicted molar refractivity (Wildman–Crippen MR) is 185 cm³/mol. The van der Waals surface area contributed by atoms with E-state index < -0.39 is 17.9 Å². The van der Waals surface area contributed by atoms with Crippen LogP contribution in [0.2, 0.25) is 0 Å². The minimum Gasteiger partial charge on any atom is -0.497 e. The van der Waals surface area contributed by atoms with E-state index in [-0.39, 0.29) is 13.1 Å². The number of carbonyl (C=O) groups excluding carboxylic acids is 2. The van der Waals surface area contributed by atoms with Gasteiger partial charge in [-0.2, -0.15) is 4.80 Å². The summed E-state index contributed by atoms with van der Waals surface area (Å²) in [6.07, 6.45) is 1.73. The number of hydrogen-bond acceptors (Lipinski definition) is 10. The highest BCUT2D eigenvalue weighted by Gasteiger charge is 2.35. The Morgan fingerprint density at radius 1 is 0.860 bits per heavy atom. The molecule has 50 heavy (non-hydrogen) atoms. The molecule has 4 aromatic carbocycles. The van der Waals surface area contributed by atoms with Crippen molar-refractivity contribution in [2.45, 2.75) is 19.1 Å². The van der Waals surface area contributed by atoms with Crippen LogP contribution in [0.5, 0.6) is 23.0 Å². The van der Waals surface area contributed by atoms with Gasteiger partial charge < -0.3 is 28.8 Å². The molecule has 2 amide bonds. The molecule has 0 aliphatic heterocycles. The van der Waals surface area contributed by atoms with Gasteiger partial charge in [0.2, 0.25) is 17.5 Å². The number of tetrazole rings is 1. The van der Waals surface area contributed by atoms with Crippen LogP contribution in [0.3, 0.4) is 0 Å². The van der Waals surface area contributed by atoms with Crippen LogP contribution in [0, 0.1) is 0 Å². The molecule has 2 heterocycles. The Balaban J connectivity index is 1.41. The molecule has 1 atom stereocenters. The molecule has 6 rings (SSSR count). The summed E-state index contributed by atoms with van der Waals surface area (Å²) in [5.74, 6) is 0.924. The summed E-state index contributed by atoms with van der Waals surface area (Å²) in [4.78, 5) is 35.9. The van der Waals surface area contributed by atoms with E-state index >= 15 is 0 Å². The maximum Gasteiger partial charge on any atom is 0.251 e. The highest BCUT2D eigenvalue weighted by Crippen LogP contribution is 2.42. The van der Waals surface area contributed by atoms with E-state index in [4.69, 9.17) is 18.9 Å². The van der Waals surface area contributed by atoms with Crippen LogP contribution in [-0.2, 0) is 29.7 Å². The molecule has 0 aliphatic rings. The molecular weight excluding hydrogens is 640 g/mol. The minimum absolute atomic E-state index is 0.222. The Labute approximate surface area is 288 Å². The lowest BCUT2D eigenvalue weighted by atomic mass is 10.0. The van der Waals surface area contributed by atoms with Crippen LogP contribution in [0.4, 0.5) is 5.69 Å². The van der Waals surface area contributed by atoms with Gasteiger partial charge >= 0.3 is 0 Å². The fraction of sp³-hybridized carbons (Fsp3) is 0.222. The quantitative estimate of drug-likeness (QED) is 0.187. The number of nitrogens with one attached hydrogen (secondary N) is 1. The third kappa shape index (κ3) is 6.90. The van der Waals surface area contributed by atoms with Crippen LogP contribution in [0.25, 0.3) is 22.4 Å². The van der Waals surface area contributed by atoms with Gasteiger partial charge in [-0.15, -0.1) is 10.2 Å². The van der Waals surface area contributed by atoms with E-state index in [1.54, 1.807) is 49.8 Å². The summed E-state index contributed by atoms with van der Waals surface area (Å²) in [7, 11) is 7.92. The van der Waals surface area contributed by atoms with Gasteiger partial charge in [0, 0.05) is 24.8 Å². The lowest BCUT2D eigenvalue weighted by Gasteiger charge is -2.32. The van der Waals surface area contributed by atoms with E-state index in [1.807, 2.05) is 60.1 Å². The summed E-state index contributed by atoms with van der Waals surface area (Å²) in [6, 6.07) is 24.1. The Kier molecular flexibility index (Phi) is 9.88. The Morgan fingerprint density at radius 3 is 2.24 bits per heavy atom. The van der Waals surface area contributed by atoms with Crippen molar-refractivity contribution in [2.75, 3.05) is 33.3 Å². The van der Waals surface area contributed by atoms with Gasteiger partial charge in [-0.05, 0) is 70.9 Å². The van der Waals surface area contributed by atoms with Gasteiger partial charge in [-0.1, -0.05) is 30.3 Å². The van der Waals surface area contributed by atoms with Gasteiger partial charge in [-0.25, -0.2) is 4.98 Å². The average Bonchev–Trinajstić information content (AvgIpc) is 3.78. The second-order valence-electron chi connectivity index (χ2n) is 11.2. The Hall–Kier alpha value is -6.44. The van der Waals surface area contributed by atoms with Crippen molar-refractivity contribution in [1.29, 1.82) is 0 Å². The monoisotopic (exact) mass is 676 g/mol. The van der Waals surface area contributed by atoms with E-state index in [0.717, 1.165) is 16.6 Å². The van der Waals surface area contributed by atoms with E-state index in [2.05, 4.69) is 25.7 Å². The molecule has 1 N–H and O–H groups in total. The molecule has 0 radical (unpaired) electrons. The second kappa shape index (κ2) is 14.8. The molecule has 0 bridgehead atoms. The smallest absolute Gasteiger partial charge is 0.251 e. The van der Waals surface area contributed by atoms with Crippen molar-refractivity contribution < 1.29 is 28.5 Å². The molecule has 0 spiro atoms. The molecule has 0 fully saturated rings. The summed E-state index contributed by atoms with van der Waals surface area (Å²) < 4.78 is 24.1. The number of nitrogens with zero attached hydrogens (tertiary/aromatic N) is 7. The Morgan fingerprint density at radius 2 is 1.58 bits per heavy atom. The van der Waals surface area contributed by atoms with Crippen LogP contribution in [0.1, 0.15) is 17.2 Å². The molecular formula is C36H36N8O6. The lowest BCUT2D eigenvalue weighted by molar-refractivity contribution is -0.127. The highest BCUT2D eigenvalue weighted by molar-refractivity contribution is 6.01. The van der Waals surface area contributed by atoms with Crippen molar-refractivity contribution in [1.82, 2.24) is 35.1 Å². The summed E-state index contributed by atoms with van der Waals surface area (Å²) in [5.41, 5.74) is 4.13. The van der Waals surface area contributed by atoms with Gasteiger partial charge in [0.25, 0.3) is 5.91 Å². The van der Waals surface area contributed by atoms with Crippen molar-refractivity contribution in [3.05, 3.63) is 102 Å². The minimum atomic E-state index is -1.21. The number of ether oxygens (including phenoxy) is 4. The summed E-state index contributed by atoms with van der Waals surface area (Å²) in [6.45, 7) is -0.113. The topological polar surface area (TPSA) is 148 Å². The first-order valence-electron chi connectivity index (χ1n) is 15.6. The molecule has 14 heteroatoms. The first kappa shape index (κ1) is 33.5. The fourth-order valence-corrected chi connectivity index (χ4v) is 5.64. The SMILES string of the molecule is COc1ccc(N(C(=O)Cn2nnc(-c3ccc4c(c3)ncn4C)n2)[C@H](C(=O)NCc2ccccc2)c2cc(OC)c(OC)c(OC)c2)cc1. The average molecular weight is 677 g/mol. The molecule has 0 saturated carbocycles. The molecule has 2 aromatic heterocycles. The van der Waals surface area contributed by atoms with Gasteiger partial charge in [0.1, 0.15) is 18.3 Å². The van der Waals surface area contributed by atoms with Crippen LogP contribution in [0.15, 0.2) is 91.3 Å². The van der Waals surface area contributed by atoms with Gasteiger partial charge in [0.05, 0.1) is 45.8 Å². The van der Waals surface area contributed by atoms with Crippen molar-refractivity contribution >= 4 is 28.5 Å². The number of rotatable bonds is 13. The van der Waals surface area contributed by atoms with E-state index in [0.29, 0.717) is 45.6 Å². The fourth-order valence-electron chi connectivity index (χ4n) is 5.64. The molecule has 256 valence electrons. The predicted octanol–water partition coefficient (Wildman–Crippen LogP) is 4.35. The number of benzene rings is 4. The number of imidazole rings is 1. The first-order chi connectivity index (χ1) is 24.3. The van der Waals surface area contributed by atoms with Crippen molar-refractivity contribution in [2.24, 2.45) is 7.05 Å². The van der Waals surface area contributed by atoms with Gasteiger partial charge in [-0.3, -0.25) is 14.5 Å². The van der Waals surface area contributed by atoms with Crippen molar-refractivity contribution in [3.63, 3.8) is 0 Å². The molecule has 0 aliphatic carbocycles. The first-order valence-corrected chi connectivity index (χ1v) is 15.6. The number of fused-ring (bicyclic) bond motifs is 1. The maximum absolute atomic E-state index is 14.5. The third-order valence-corrected chi connectivity index (χ3v) is 8.15. The number of aryl methyl sites for hydroxylation is 1. The van der Waals surface area contributed by atoms with E-state index in [1.165, 1.54) is 31.0 Å². The summed E-state index contributed by atoms with van der Waals surface area (Å²) in [5, 5.41) is 15.9. The highest BCUT2D eigenvalue weighted by atomic mass is 16.5. The van der Waals surface area contributed by atoms with Crippen LogP contribution >= 0.6 is 0 Å². The van der Waals surface area contributed by atoms with Crippen LogP contribution in [-0.4, -0.2) is 70.0 Å². The standard InChI is InChI=1S/C36H36N8O6/c1-42-22-38-28-17-24(11-16-29(28)42)35-39-41-43(40-35)21-32(45)44(26-12-14-27(47-2)15-13-26)33(36(46)37-20-23-9-7-6-8-10-23)25-18-30(48-3)34(50-5)31(19-25)49-4/h6-19,22,33H,20-21H2,1-5H3,(H,37,46)/t33-/m0/s1. The molecule has 6 aromatic rings.